The van der Waals surface area contributed by atoms with Crippen molar-refractivity contribution in [3.63, 3.8) is 0 Å². The SMILES string of the molecule is CC(CCc1ccco1)n1c(O)c(F)c(=O)[nH]c1=O. The van der Waals surface area contributed by atoms with Gasteiger partial charge in [0.05, 0.1) is 6.26 Å². The summed E-state index contributed by atoms with van der Waals surface area (Å²) in [4.78, 5) is 24.3. The summed E-state index contributed by atoms with van der Waals surface area (Å²) in [5, 5.41) is 9.53. The summed E-state index contributed by atoms with van der Waals surface area (Å²) in [5.74, 6) is -1.57. The fourth-order valence-electron chi connectivity index (χ4n) is 1.86. The zero-order chi connectivity index (χ0) is 14.0. The van der Waals surface area contributed by atoms with Gasteiger partial charge in [-0.25, -0.2) is 4.79 Å². The minimum atomic E-state index is -1.36. The standard InChI is InChI=1S/C12H13FN2O4/c1-7(4-5-8-3-2-6-19-8)15-11(17)9(13)10(16)14-12(15)18/h2-3,6-7,17H,4-5H2,1H3,(H,14,16,18). The zero-order valence-corrected chi connectivity index (χ0v) is 10.2. The number of aromatic hydroxyl groups is 1. The molecule has 2 heterocycles. The molecule has 0 aliphatic rings. The molecule has 6 nitrogen and oxygen atoms in total. The van der Waals surface area contributed by atoms with Crippen molar-refractivity contribution in [3.05, 3.63) is 50.8 Å². The van der Waals surface area contributed by atoms with E-state index in [1.165, 1.54) is 6.26 Å². The number of aromatic amines is 1. The van der Waals surface area contributed by atoms with Gasteiger partial charge in [-0.1, -0.05) is 0 Å². The predicted molar refractivity (Wildman–Crippen MR) is 64.7 cm³/mol. The van der Waals surface area contributed by atoms with Gasteiger partial charge in [-0.3, -0.25) is 14.3 Å². The number of hydrogen-bond acceptors (Lipinski definition) is 4. The molecule has 0 radical (unpaired) electrons. The van der Waals surface area contributed by atoms with E-state index in [4.69, 9.17) is 4.42 Å². The lowest BCUT2D eigenvalue weighted by Crippen LogP contribution is -2.33. The predicted octanol–water partition coefficient (Wildman–Crippen LogP) is 1.17. The summed E-state index contributed by atoms with van der Waals surface area (Å²) in [6, 6.07) is 3.04. The summed E-state index contributed by atoms with van der Waals surface area (Å²) >= 11 is 0. The number of aromatic nitrogens is 2. The molecular formula is C12H13FN2O4. The van der Waals surface area contributed by atoms with Crippen molar-refractivity contribution in [1.82, 2.24) is 9.55 Å². The van der Waals surface area contributed by atoms with Gasteiger partial charge in [0.25, 0.3) is 5.56 Å². The lowest BCUT2D eigenvalue weighted by atomic mass is 10.1. The van der Waals surface area contributed by atoms with Gasteiger partial charge in [-0.05, 0) is 25.5 Å². The van der Waals surface area contributed by atoms with Gasteiger partial charge >= 0.3 is 5.69 Å². The molecule has 2 rings (SSSR count). The van der Waals surface area contributed by atoms with Crippen LogP contribution >= 0.6 is 0 Å². The maximum Gasteiger partial charge on any atom is 0.331 e. The van der Waals surface area contributed by atoms with Crippen LogP contribution in [0.3, 0.4) is 0 Å². The zero-order valence-electron chi connectivity index (χ0n) is 10.2. The Kier molecular flexibility index (Phi) is 3.55. The Morgan fingerprint density at radius 2 is 2.26 bits per heavy atom. The van der Waals surface area contributed by atoms with Crippen LogP contribution in [0.25, 0.3) is 0 Å². The van der Waals surface area contributed by atoms with Crippen LogP contribution in [0.2, 0.25) is 0 Å². The molecular weight excluding hydrogens is 255 g/mol. The molecule has 19 heavy (non-hydrogen) atoms. The molecule has 0 aromatic carbocycles. The average Bonchev–Trinajstić information content (AvgIpc) is 2.86. The molecule has 0 fully saturated rings. The summed E-state index contributed by atoms with van der Waals surface area (Å²) < 4.78 is 19.2. The molecule has 1 atom stereocenters. The molecule has 2 aromatic rings. The van der Waals surface area contributed by atoms with E-state index in [-0.39, 0.29) is 0 Å². The second-order valence-corrected chi connectivity index (χ2v) is 4.23. The molecule has 2 aromatic heterocycles. The van der Waals surface area contributed by atoms with Gasteiger partial charge in [0.1, 0.15) is 5.76 Å². The molecule has 0 spiro atoms. The van der Waals surface area contributed by atoms with E-state index in [0.717, 1.165) is 10.3 Å². The van der Waals surface area contributed by atoms with Crippen LogP contribution in [0.1, 0.15) is 25.1 Å². The quantitative estimate of drug-likeness (QED) is 0.871. The highest BCUT2D eigenvalue weighted by molar-refractivity contribution is 5.11. The van der Waals surface area contributed by atoms with E-state index in [0.29, 0.717) is 12.8 Å². The Balaban J connectivity index is 2.24. The Morgan fingerprint density at radius 1 is 1.53 bits per heavy atom. The van der Waals surface area contributed by atoms with Crippen molar-refractivity contribution >= 4 is 0 Å². The maximum atomic E-state index is 13.3. The number of nitrogens with zero attached hydrogens (tertiary/aromatic N) is 1. The first-order valence-electron chi connectivity index (χ1n) is 5.76. The number of halogens is 1. The van der Waals surface area contributed by atoms with Crippen molar-refractivity contribution in [3.8, 4) is 5.88 Å². The van der Waals surface area contributed by atoms with E-state index in [1.54, 1.807) is 19.1 Å². The second-order valence-electron chi connectivity index (χ2n) is 4.23. The van der Waals surface area contributed by atoms with Crippen LogP contribution < -0.4 is 11.2 Å². The Bertz CT molecular complexity index is 672. The lowest BCUT2D eigenvalue weighted by molar-refractivity contribution is 0.328. The van der Waals surface area contributed by atoms with Gasteiger partial charge in [-0.15, -0.1) is 0 Å². The first-order valence-corrected chi connectivity index (χ1v) is 5.76. The first kappa shape index (κ1) is 13.1. The summed E-state index contributed by atoms with van der Waals surface area (Å²) in [6.07, 6.45) is 2.51. The van der Waals surface area contributed by atoms with Crippen LogP contribution in [0.5, 0.6) is 5.88 Å². The molecule has 0 aliphatic carbocycles. The smallest absolute Gasteiger partial charge is 0.331 e. The van der Waals surface area contributed by atoms with Crippen LogP contribution in [0.15, 0.2) is 32.4 Å². The number of nitrogens with one attached hydrogen (secondary N) is 1. The topological polar surface area (TPSA) is 88.2 Å². The first-order chi connectivity index (χ1) is 9.00. The molecule has 0 bridgehead atoms. The van der Waals surface area contributed by atoms with E-state index in [2.05, 4.69) is 0 Å². The van der Waals surface area contributed by atoms with Gasteiger partial charge < -0.3 is 9.52 Å². The average molecular weight is 268 g/mol. The Labute approximate surface area is 107 Å². The molecule has 2 N–H and O–H groups in total. The molecule has 0 saturated heterocycles. The van der Waals surface area contributed by atoms with Crippen LogP contribution in [0.4, 0.5) is 4.39 Å². The molecule has 0 aliphatic heterocycles. The summed E-state index contributed by atoms with van der Waals surface area (Å²) in [6.45, 7) is 1.64. The normalized spacial score (nSPS) is 12.5. The van der Waals surface area contributed by atoms with Crippen LogP contribution in [-0.2, 0) is 6.42 Å². The maximum absolute atomic E-state index is 13.3. The van der Waals surface area contributed by atoms with E-state index in [9.17, 15) is 19.1 Å². The minimum Gasteiger partial charge on any atom is -0.492 e. The molecule has 0 amide bonds. The molecule has 0 saturated carbocycles. The number of hydrogen-bond donors (Lipinski definition) is 2. The van der Waals surface area contributed by atoms with Crippen molar-refractivity contribution in [2.45, 2.75) is 25.8 Å². The van der Waals surface area contributed by atoms with Gasteiger partial charge in [0.15, 0.2) is 0 Å². The van der Waals surface area contributed by atoms with Gasteiger partial charge in [0, 0.05) is 12.5 Å². The fourth-order valence-corrected chi connectivity index (χ4v) is 1.86. The highest BCUT2D eigenvalue weighted by Crippen LogP contribution is 2.19. The van der Waals surface area contributed by atoms with E-state index < -0.39 is 29.0 Å². The molecule has 1 unspecified atom stereocenters. The van der Waals surface area contributed by atoms with Crippen molar-refractivity contribution in [2.75, 3.05) is 0 Å². The van der Waals surface area contributed by atoms with Crippen molar-refractivity contribution < 1.29 is 13.9 Å². The van der Waals surface area contributed by atoms with E-state index >= 15 is 0 Å². The van der Waals surface area contributed by atoms with E-state index in [1.807, 2.05) is 4.98 Å². The Morgan fingerprint density at radius 3 is 2.89 bits per heavy atom. The highest BCUT2D eigenvalue weighted by atomic mass is 19.1. The van der Waals surface area contributed by atoms with Crippen molar-refractivity contribution in [2.24, 2.45) is 0 Å². The Hall–Kier alpha value is -2.31. The lowest BCUT2D eigenvalue weighted by Gasteiger charge is -2.15. The number of aryl methyl sites for hydroxylation is 1. The highest BCUT2D eigenvalue weighted by Gasteiger charge is 2.18. The minimum absolute atomic E-state index is 0.451. The van der Waals surface area contributed by atoms with Crippen LogP contribution in [-0.4, -0.2) is 14.7 Å². The monoisotopic (exact) mass is 268 g/mol. The third-order valence-corrected chi connectivity index (χ3v) is 2.89. The van der Waals surface area contributed by atoms with Gasteiger partial charge in [0.2, 0.25) is 11.7 Å². The van der Waals surface area contributed by atoms with Gasteiger partial charge in [-0.2, -0.15) is 4.39 Å². The number of rotatable bonds is 4. The van der Waals surface area contributed by atoms with Crippen LogP contribution in [0, 0.1) is 5.82 Å². The summed E-state index contributed by atoms with van der Waals surface area (Å²) in [5.41, 5.74) is -2.06. The number of furan rings is 1. The van der Waals surface area contributed by atoms with Crippen molar-refractivity contribution in [1.29, 1.82) is 0 Å². The summed E-state index contributed by atoms with van der Waals surface area (Å²) in [7, 11) is 0. The number of H-pyrrole nitrogens is 1. The molecule has 102 valence electrons. The largest absolute Gasteiger partial charge is 0.492 e. The second kappa shape index (κ2) is 5.13. The third kappa shape index (κ3) is 2.59. The molecule has 7 heteroatoms. The fraction of sp³-hybridized carbons (Fsp3) is 0.333. The third-order valence-electron chi connectivity index (χ3n) is 2.89.